The van der Waals surface area contributed by atoms with E-state index in [0.717, 1.165) is 35.9 Å². The first-order valence-corrected chi connectivity index (χ1v) is 9.26. The summed E-state index contributed by atoms with van der Waals surface area (Å²) in [7, 11) is 0. The average Bonchev–Trinajstić information content (AvgIpc) is 3.10. The van der Waals surface area contributed by atoms with Crippen molar-refractivity contribution in [3.8, 4) is 0 Å². The summed E-state index contributed by atoms with van der Waals surface area (Å²) in [5, 5.41) is 12.1. The molecule has 138 valence electrons. The minimum absolute atomic E-state index is 0.114. The number of fused-ring (bicyclic) bond motifs is 1. The molecule has 0 radical (unpaired) electrons. The van der Waals surface area contributed by atoms with E-state index in [1.54, 1.807) is 0 Å². The molecule has 1 N–H and O–H groups in total. The summed E-state index contributed by atoms with van der Waals surface area (Å²) in [5.74, 6) is 1.82. The van der Waals surface area contributed by atoms with Crippen LogP contribution in [0, 0.1) is 0 Å². The van der Waals surface area contributed by atoms with Gasteiger partial charge in [0, 0.05) is 25.2 Å². The Bertz CT molecular complexity index is 893. The van der Waals surface area contributed by atoms with E-state index in [1.165, 1.54) is 0 Å². The first-order valence-electron chi connectivity index (χ1n) is 9.26. The molecule has 0 saturated heterocycles. The van der Waals surface area contributed by atoms with Crippen LogP contribution in [0.4, 0.5) is 5.69 Å². The Hall–Kier alpha value is -3.15. The average molecular weight is 361 g/mol. The largest absolute Gasteiger partial charge is 0.385 e. The highest BCUT2D eigenvalue weighted by atomic mass is 16.2. The zero-order valence-corrected chi connectivity index (χ0v) is 15.4. The van der Waals surface area contributed by atoms with Gasteiger partial charge < -0.3 is 14.8 Å². The van der Waals surface area contributed by atoms with Crippen LogP contribution in [0.15, 0.2) is 60.7 Å². The van der Waals surface area contributed by atoms with Crippen LogP contribution in [0.5, 0.6) is 0 Å². The van der Waals surface area contributed by atoms with Crippen LogP contribution in [0.3, 0.4) is 0 Å². The third-order valence-electron chi connectivity index (χ3n) is 4.89. The van der Waals surface area contributed by atoms with Crippen molar-refractivity contribution in [3.05, 3.63) is 77.9 Å². The number of anilines is 1. The monoisotopic (exact) mass is 361 g/mol. The zero-order chi connectivity index (χ0) is 18.6. The van der Waals surface area contributed by atoms with E-state index in [0.29, 0.717) is 13.1 Å². The molecular formula is C21H23N5O. The second-order valence-electron chi connectivity index (χ2n) is 6.80. The topological polar surface area (TPSA) is 63.1 Å². The zero-order valence-electron chi connectivity index (χ0n) is 15.4. The number of carbonyl (C=O) groups excluding carboxylic acids is 1. The number of rotatable bonds is 6. The molecular weight excluding hydrogens is 338 g/mol. The molecule has 0 bridgehead atoms. The molecule has 1 atom stereocenters. The standard InChI is InChI=1S/C21H23N5O/c1-16-21(27)25(14-17-8-4-2-5-9-17)15-20-24-23-19(26(16)20)12-13-22-18-10-6-3-7-11-18/h2-11,16,22H,12-15H2,1H3/t16-/m0/s1. The second kappa shape index (κ2) is 7.61. The number of para-hydroxylation sites is 1. The van der Waals surface area contributed by atoms with Gasteiger partial charge in [0.15, 0.2) is 5.82 Å². The Morgan fingerprint density at radius 2 is 1.74 bits per heavy atom. The van der Waals surface area contributed by atoms with Gasteiger partial charge >= 0.3 is 0 Å². The lowest BCUT2D eigenvalue weighted by atomic mass is 10.1. The van der Waals surface area contributed by atoms with Crippen LogP contribution in [0.1, 0.15) is 30.2 Å². The van der Waals surface area contributed by atoms with Crippen LogP contribution in [0.25, 0.3) is 0 Å². The number of aromatic nitrogens is 3. The molecule has 2 aromatic carbocycles. The van der Waals surface area contributed by atoms with Gasteiger partial charge in [-0.1, -0.05) is 48.5 Å². The molecule has 0 unspecified atom stereocenters. The SMILES string of the molecule is C[C@H]1C(=O)N(Cc2ccccc2)Cc2nnc(CCNc3ccccc3)n21. The highest BCUT2D eigenvalue weighted by Gasteiger charge is 2.32. The first kappa shape index (κ1) is 17.3. The highest BCUT2D eigenvalue weighted by molar-refractivity contribution is 5.81. The lowest BCUT2D eigenvalue weighted by Gasteiger charge is -2.32. The summed E-state index contributed by atoms with van der Waals surface area (Å²) < 4.78 is 2.00. The van der Waals surface area contributed by atoms with Gasteiger partial charge in [0.2, 0.25) is 5.91 Å². The fourth-order valence-corrected chi connectivity index (χ4v) is 3.52. The van der Waals surface area contributed by atoms with E-state index in [-0.39, 0.29) is 11.9 Å². The molecule has 27 heavy (non-hydrogen) atoms. The quantitative estimate of drug-likeness (QED) is 0.733. The maximum absolute atomic E-state index is 12.9. The van der Waals surface area contributed by atoms with Gasteiger partial charge in [0.25, 0.3) is 0 Å². The Balaban J connectivity index is 1.45. The number of benzene rings is 2. The minimum Gasteiger partial charge on any atom is -0.385 e. The maximum atomic E-state index is 12.9. The molecule has 1 aliphatic heterocycles. The summed E-state index contributed by atoms with van der Waals surface area (Å²) in [6, 6.07) is 19.8. The molecule has 1 amide bonds. The van der Waals surface area contributed by atoms with Crippen molar-refractivity contribution in [2.24, 2.45) is 0 Å². The van der Waals surface area contributed by atoms with Crippen molar-refractivity contribution in [3.63, 3.8) is 0 Å². The summed E-state index contributed by atoms with van der Waals surface area (Å²) >= 11 is 0. The Kier molecular flexibility index (Phi) is 4.87. The molecule has 3 aromatic rings. The van der Waals surface area contributed by atoms with Crippen molar-refractivity contribution >= 4 is 11.6 Å². The molecule has 1 aromatic heterocycles. The van der Waals surface area contributed by atoms with E-state index < -0.39 is 0 Å². The predicted molar refractivity (Wildman–Crippen MR) is 104 cm³/mol. The maximum Gasteiger partial charge on any atom is 0.246 e. The molecule has 0 aliphatic carbocycles. The molecule has 0 fully saturated rings. The number of hydrogen-bond donors (Lipinski definition) is 1. The summed E-state index contributed by atoms with van der Waals surface area (Å²) in [4.78, 5) is 14.7. The van der Waals surface area contributed by atoms with E-state index >= 15 is 0 Å². The number of nitrogens with zero attached hydrogens (tertiary/aromatic N) is 4. The van der Waals surface area contributed by atoms with Gasteiger partial charge in [0.05, 0.1) is 6.54 Å². The van der Waals surface area contributed by atoms with Crippen LogP contribution in [0.2, 0.25) is 0 Å². The van der Waals surface area contributed by atoms with Gasteiger partial charge in [-0.05, 0) is 24.6 Å². The smallest absolute Gasteiger partial charge is 0.246 e. The van der Waals surface area contributed by atoms with Crippen molar-refractivity contribution in [1.29, 1.82) is 0 Å². The molecule has 2 heterocycles. The van der Waals surface area contributed by atoms with Gasteiger partial charge in [-0.15, -0.1) is 10.2 Å². The molecule has 1 aliphatic rings. The molecule has 0 spiro atoms. The van der Waals surface area contributed by atoms with Gasteiger partial charge in [-0.3, -0.25) is 4.79 Å². The fraction of sp³-hybridized carbons (Fsp3) is 0.286. The predicted octanol–water partition coefficient (Wildman–Crippen LogP) is 3.04. The highest BCUT2D eigenvalue weighted by Crippen LogP contribution is 2.24. The summed E-state index contributed by atoms with van der Waals surface area (Å²) in [6.45, 7) is 3.77. The van der Waals surface area contributed by atoms with E-state index in [9.17, 15) is 4.79 Å². The lowest BCUT2D eigenvalue weighted by molar-refractivity contribution is -0.137. The lowest BCUT2D eigenvalue weighted by Crippen LogP contribution is -2.41. The van der Waals surface area contributed by atoms with E-state index in [2.05, 4.69) is 15.5 Å². The summed E-state index contributed by atoms with van der Waals surface area (Å²) in [6.07, 6.45) is 0.720. The second-order valence-corrected chi connectivity index (χ2v) is 6.80. The normalized spacial score (nSPS) is 16.3. The van der Waals surface area contributed by atoms with Crippen molar-refractivity contribution in [1.82, 2.24) is 19.7 Å². The van der Waals surface area contributed by atoms with Crippen molar-refractivity contribution in [2.45, 2.75) is 32.5 Å². The molecule has 0 saturated carbocycles. The Morgan fingerprint density at radius 3 is 2.48 bits per heavy atom. The van der Waals surface area contributed by atoms with Gasteiger partial charge in [0.1, 0.15) is 11.9 Å². The first-order chi connectivity index (χ1) is 13.2. The fourth-order valence-electron chi connectivity index (χ4n) is 3.52. The van der Waals surface area contributed by atoms with Gasteiger partial charge in [-0.2, -0.15) is 0 Å². The number of amides is 1. The molecule has 6 nitrogen and oxygen atoms in total. The van der Waals surface area contributed by atoms with Crippen LogP contribution in [-0.4, -0.2) is 32.1 Å². The third-order valence-corrected chi connectivity index (χ3v) is 4.89. The molecule has 4 rings (SSSR count). The van der Waals surface area contributed by atoms with E-state index in [4.69, 9.17) is 0 Å². The van der Waals surface area contributed by atoms with E-state index in [1.807, 2.05) is 77.1 Å². The Morgan fingerprint density at radius 1 is 1.04 bits per heavy atom. The van der Waals surface area contributed by atoms with Crippen LogP contribution in [-0.2, 0) is 24.3 Å². The number of carbonyl (C=O) groups is 1. The minimum atomic E-state index is -0.279. The van der Waals surface area contributed by atoms with Gasteiger partial charge in [-0.25, -0.2) is 0 Å². The van der Waals surface area contributed by atoms with Crippen LogP contribution < -0.4 is 5.32 Å². The third kappa shape index (κ3) is 3.69. The number of nitrogens with one attached hydrogen (secondary N) is 1. The Labute approximate surface area is 158 Å². The van der Waals surface area contributed by atoms with Crippen LogP contribution >= 0.6 is 0 Å². The molecule has 6 heteroatoms. The van der Waals surface area contributed by atoms with Crippen molar-refractivity contribution in [2.75, 3.05) is 11.9 Å². The summed E-state index contributed by atoms with van der Waals surface area (Å²) in [5.41, 5.74) is 2.20. The number of hydrogen-bond acceptors (Lipinski definition) is 4. The van der Waals surface area contributed by atoms with Crippen molar-refractivity contribution < 1.29 is 4.79 Å².